The monoisotopic (exact) mass is 558 g/mol. The van der Waals surface area contributed by atoms with E-state index in [2.05, 4.69) is 15.5 Å². The molecule has 3 aromatic rings. The van der Waals surface area contributed by atoms with Gasteiger partial charge in [0.1, 0.15) is 4.21 Å². The Bertz CT molecular complexity index is 1450. The molecule has 1 unspecified atom stereocenters. The number of thiophene rings is 1. The second-order valence-corrected chi connectivity index (χ2v) is 14.7. The Balaban J connectivity index is 1.46. The molecule has 188 valence electrons. The first-order valence-corrected chi connectivity index (χ1v) is 14.9. The van der Waals surface area contributed by atoms with Crippen molar-refractivity contribution in [1.29, 1.82) is 0 Å². The predicted molar refractivity (Wildman–Crippen MR) is 131 cm³/mol. The number of sulfonamides is 1. The second kappa shape index (κ2) is 9.97. The van der Waals surface area contributed by atoms with E-state index in [1.54, 1.807) is 26.0 Å². The third-order valence-corrected chi connectivity index (χ3v) is 11.3. The zero-order chi connectivity index (χ0) is 25.4. The molecule has 10 nitrogen and oxygen atoms in total. The van der Waals surface area contributed by atoms with Gasteiger partial charge in [-0.1, -0.05) is 22.8 Å². The van der Waals surface area contributed by atoms with Crippen molar-refractivity contribution in [1.82, 2.24) is 14.5 Å². The predicted octanol–water partition coefficient (Wildman–Crippen LogP) is 3.67. The molecule has 1 atom stereocenters. The highest BCUT2D eigenvalue weighted by Gasteiger charge is 2.34. The van der Waals surface area contributed by atoms with Gasteiger partial charge in [-0.05, 0) is 57.0 Å². The van der Waals surface area contributed by atoms with E-state index < -0.39 is 36.9 Å². The molecule has 14 heteroatoms. The molecule has 3 heterocycles. The number of hydrogen-bond acceptors (Lipinski definition) is 9. The number of amides is 1. The van der Waals surface area contributed by atoms with Crippen molar-refractivity contribution in [2.75, 3.05) is 18.4 Å². The highest BCUT2D eigenvalue weighted by molar-refractivity contribution is 7.92. The zero-order valence-electron chi connectivity index (χ0n) is 18.8. The molecule has 1 aromatic carbocycles. The fourth-order valence-electron chi connectivity index (χ4n) is 3.61. The maximum Gasteiger partial charge on any atom is 0.322 e. The van der Waals surface area contributed by atoms with Crippen molar-refractivity contribution in [2.24, 2.45) is 5.92 Å². The lowest BCUT2D eigenvalue weighted by atomic mass is 9.99. The topological polar surface area (TPSA) is 140 Å². The Morgan fingerprint density at radius 1 is 1.20 bits per heavy atom. The summed E-state index contributed by atoms with van der Waals surface area (Å²) in [6.45, 7) is 3.51. The molecule has 4 rings (SSSR count). The van der Waals surface area contributed by atoms with Crippen LogP contribution in [-0.4, -0.2) is 55.6 Å². The SMILES string of the molecule is CC(C)S(=O)(=O)c1cccc(-c2nnc(NC(=O)C3CCCN(S(=O)(=O)c4ccc(Cl)s4)C3)o2)c1. The van der Waals surface area contributed by atoms with Crippen LogP contribution in [0.1, 0.15) is 26.7 Å². The van der Waals surface area contributed by atoms with Crippen molar-refractivity contribution in [3.05, 3.63) is 40.7 Å². The molecule has 0 saturated carbocycles. The van der Waals surface area contributed by atoms with E-state index in [1.165, 1.54) is 28.6 Å². The Labute approximate surface area is 212 Å². The maximum absolute atomic E-state index is 12.9. The fourth-order valence-corrected chi connectivity index (χ4v) is 7.88. The first-order valence-electron chi connectivity index (χ1n) is 10.7. The lowest BCUT2D eigenvalue weighted by Gasteiger charge is -2.30. The second-order valence-electron chi connectivity index (χ2n) is 8.28. The number of carbonyl (C=O) groups is 1. The van der Waals surface area contributed by atoms with Crippen molar-refractivity contribution in [2.45, 2.75) is 41.0 Å². The van der Waals surface area contributed by atoms with Crippen LogP contribution in [0.25, 0.3) is 11.5 Å². The van der Waals surface area contributed by atoms with Crippen LogP contribution in [-0.2, 0) is 24.7 Å². The molecular weight excluding hydrogens is 536 g/mol. The minimum absolute atomic E-state index is 0.0137. The molecule has 1 saturated heterocycles. The number of rotatable bonds is 7. The van der Waals surface area contributed by atoms with E-state index in [9.17, 15) is 21.6 Å². The number of nitrogens with zero attached hydrogens (tertiary/aromatic N) is 3. The highest BCUT2D eigenvalue weighted by Crippen LogP contribution is 2.31. The molecule has 35 heavy (non-hydrogen) atoms. The summed E-state index contributed by atoms with van der Waals surface area (Å²) < 4.78 is 58.0. The van der Waals surface area contributed by atoms with Gasteiger partial charge in [0.15, 0.2) is 9.84 Å². The molecule has 1 amide bonds. The molecule has 0 aliphatic carbocycles. The van der Waals surface area contributed by atoms with Crippen LogP contribution in [0.5, 0.6) is 0 Å². The van der Waals surface area contributed by atoms with Crippen molar-refractivity contribution >= 4 is 54.7 Å². The van der Waals surface area contributed by atoms with Gasteiger partial charge < -0.3 is 4.42 Å². The number of sulfone groups is 1. The van der Waals surface area contributed by atoms with Crippen LogP contribution >= 0.6 is 22.9 Å². The van der Waals surface area contributed by atoms with Gasteiger partial charge >= 0.3 is 6.01 Å². The number of hydrogen-bond donors (Lipinski definition) is 1. The van der Waals surface area contributed by atoms with E-state index in [1.807, 2.05) is 0 Å². The number of aromatic nitrogens is 2. The average molecular weight is 559 g/mol. The molecule has 0 radical (unpaired) electrons. The van der Waals surface area contributed by atoms with E-state index >= 15 is 0 Å². The van der Waals surface area contributed by atoms with Gasteiger partial charge in [0.05, 0.1) is 20.4 Å². The van der Waals surface area contributed by atoms with E-state index in [0.717, 1.165) is 11.3 Å². The Kier molecular flexibility index (Phi) is 7.34. The quantitative estimate of drug-likeness (QED) is 0.463. The molecular formula is C21H23ClN4O6S3. The normalized spacial score (nSPS) is 17.5. The number of nitrogens with one attached hydrogen (secondary N) is 1. The minimum atomic E-state index is -3.75. The van der Waals surface area contributed by atoms with Crippen molar-refractivity contribution in [3.8, 4) is 11.5 Å². The standard InChI is InChI=1S/C21H23ClN4O6S3/c1-13(2)34(28,29)16-7-3-5-14(11-16)20-24-25-21(32-20)23-19(27)15-6-4-10-26(12-15)35(30,31)18-9-8-17(22)33-18/h3,5,7-9,11,13,15H,4,6,10,12H2,1-2H3,(H,23,25,27). The lowest BCUT2D eigenvalue weighted by Crippen LogP contribution is -2.43. The number of piperidine rings is 1. The van der Waals surface area contributed by atoms with E-state index in [-0.39, 0.29) is 27.6 Å². The van der Waals surface area contributed by atoms with Crippen LogP contribution in [0.15, 0.2) is 49.9 Å². The lowest BCUT2D eigenvalue weighted by molar-refractivity contribution is -0.121. The summed E-state index contributed by atoms with van der Waals surface area (Å²) in [6, 6.07) is 8.94. The Morgan fingerprint density at radius 3 is 2.66 bits per heavy atom. The summed E-state index contributed by atoms with van der Waals surface area (Å²) in [7, 11) is -7.24. The summed E-state index contributed by atoms with van der Waals surface area (Å²) in [4.78, 5) is 13.0. The van der Waals surface area contributed by atoms with Crippen LogP contribution in [0.4, 0.5) is 6.01 Å². The van der Waals surface area contributed by atoms with Crippen LogP contribution in [0.2, 0.25) is 4.34 Å². The molecule has 1 aliphatic rings. The molecule has 1 aliphatic heterocycles. The first-order chi connectivity index (χ1) is 16.5. The summed E-state index contributed by atoms with van der Waals surface area (Å²) in [5.41, 5.74) is 0.393. The number of benzene rings is 1. The average Bonchev–Trinajstić information content (AvgIpc) is 3.48. The molecule has 0 spiro atoms. The molecule has 1 fully saturated rings. The number of halogens is 1. The van der Waals surface area contributed by atoms with Gasteiger partial charge in [0, 0.05) is 18.7 Å². The summed E-state index contributed by atoms with van der Waals surface area (Å²) in [5, 5.41) is 9.69. The summed E-state index contributed by atoms with van der Waals surface area (Å²) in [5.74, 6) is -1.01. The van der Waals surface area contributed by atoms with Gasteiger partial charge in [0.25, 0.3) is 10.0 Å². The minimum Gasteiger partial charge on any atom is -0.403 e. The summed E-state index contributed by atoms with van der Waals surface area (Å²) in [6.07, 6.45) is 1.02. The molecule has 2 aromatic heterocycles. The van der Waals surface area contributed by atoms with E-state index in [4.69, 9.17) is 16.0 Å². The van der Waals surface area contributed by atoms with E-state index in [0.29, 0.717) is 29.3 Å². The van der Waals surface area contributed by atoms with Crippen molar-refractivity contribution < 1.29 is 26.0 Å². The maximum atomic E-state index is 12.9. The number of carbonyl (C=O) groups excluding carboxylic acids is 1. The van der Waals surface area contributed by atoms with Gasteiger partial charge in [-0.15, -0.1) is 16.4 Å². The van der Waals surface area contributed by atoms with Crippen LogP contribution in [0.3, 0.4) is 0 Å². The molecule has 0 bridgehead atoms. The fraction of sp³-hybridized carbons (Fsp3) is 0.381. The Morgan fingerprint density at radius 2 is 1.97 bits per heavy atom. The molecule has 1 N–H and O–H groups in total. The largest absolute Gasteiger partial charge is 0.403 e. The third-order valence-electron chi connectivity index (χ3n) is 5.58. The van der Waals surface area contributed by atoms with Crippen LogP contribution in [0, 0.1) is 5.92 Å². The van der Waals surface area contributed by atoms with Gasteiger partial charge in [0.2, 0.25) is 11.8 Å². The first kappa shape index (κ1) is 25.8. The van der Waals surface area contributed by atoms with Crippen LogP contribution < -0.4 is 5.32 Å². The zero-order valence-corrected chi connectivity index (χ0v) is 22.0. The van der Waals surface area contributed by atoms with Gasteiger partial charge in [-0.25, -0.2) is 16.8 Å². The van der Waals surface area contributed by atoms with Gasteiger partial charge in [-0.3, -0.25) is 10.1 Å². The number of anilines is 1. The van der Waals surface area contributed by atoms with Gasteiger partial charge in [-0.2, -0.15) is 4.31 Å². The smallest absolute Gasteiger partial charge is 0.322 e. The highest BCUT2D eigenvalue weighted by atomic mass is 35.5. The van der Waals surface area contributed by atoms with Crippen molar-refractivity contribution in [3.63, 3.8) is 0 Å². The Hall–Kier alpha value is -2.32. The summed E-state index contributed by atoms with van der Waals surface area (Å²) >= 11 is 6.85. The third kappa shape index (κ3) is 5.43.